The normalized spacial score (nSPS) is 10.0. The van der Waals surface area contributed by atoms with Gasteiger partial charge in [-0.05, 0) is 31.9 Å². The van der Waals surface area contributed by atoms with Crippen LogP contribution in [-0.4, -0.2) is 29.7 Å². The Kier molecular flexibility index (Phi) is 4.69. The smallest absolute Gasteiger partial charge is 0.339 e. The summed E-state index contributed by atoms with van der Waals surface area (Å²) in [6.45, 7) is 6.28. The summed E-state index contributed by atoms with van der Waals surface area (Å²) in [6.07, 6.45) is 3.71. The Labute approximate surface area is 102 Å². The van der Waals surface area contributed by atoms with Gasteiger partial charge in [0.05, 0.1) is 0 Å². The highest BCUT2D eigenvalue weighted by Gasteiger charge is 2.14. The molecule has 0 aliphatic heterocycles. The van der Waals surface area contributed by atoms with Crippen LogP contribution in [-0.2, 0) is 0 Å². The highest BCUT2D eigenvalue weighted by Crippen LogP contribution is 2.17. The molecule has 0 atom stereocenters. The van der Waals surface area contributed by atoms with Crippen LogP contribution in [0.1, 0.15) is 28.9 Å². The van der Waals surface area contributed by atoms with E-state index in [0.29, 0.717) is 5.82 Å². The molecule has 0 aliphatic rings. The van der Waals surface area contributed by atoms with Crippen LogP contribution < -0.4 is 4.90 Å². The minimum Gasteiger partial charge on any atom is -0.478 e. The van der Waals surface area contributed by atoms with Crippen molar-refractivity contribution in [2.75, 3.05) is 18.5 Å². The van der Waals surface area contributed by atoms with Crippen molar-refractivity contribution in [2.24, 2.45) is 0 Å². The summed E-state index contributed by atoms with van der Waals surface area (Å²) in [4.78, 5) is 17.3. The van der Waals surface area contributed by atoms with E-state index >= 15 is 0 Å². The molecule has 92 valence electrons. The zero-order valence-electron chi connectivity index (χ0n) is 10.3. The number of aryl methyl sites for hydroxylation is 1. The maximum atomic E-state index is 11.1. The van der Waals surface area contributed by atoms with Crippen molar-refractivity contribution in [3.8, 4) is 0 Å². The summed E-state index contributed by atoms with van der Waals surface area (Å²) in [5, 5.41) is 9.09. The molecule has 4 nitrogen and oxygen atoms in total. The number of rotatable bonds is 6. The zero-order chi connectivity index (χ0) is 12.8. The number of hydrogen-bond acceptors (Lipinski definition) is 3. The summed E-state index contributed by atoms with van der Waals surface area (Å²) in [6, 6.07) is 3.31. The first-order chi connectivity index (χ1) is 8.06. The van der Waals surface area contributed by atoms with Crippen molar-refractivity contribution >= 4 is 11.8 Å². The molecule has 0 aliphatic carbocycles. The fraction of sp³-hybridized carbons (Fsp3) is 0.385. The number of hydrogen-bond donors (Lipinski definition) is 1. The highest BCUT2D eigenvalue weighted by atomic mass is 16.4. The quantitative estimate of drug-likeness (QED) is 0.607. The van der Waals surface area contributed by atoms with E-state index < -0.39 is 5.97 Å². The van der Waals surface area contributed by atoms with Crippen LogP contribution in [0.3, 0.4) is 0 Å². The van der Waals surface area contributed by atoms with Crippen LogP contribution in [0, 0.1) is 6.92 Å². The fourth-order valence-corrected chi connectivity index (χ4v) is 1.58. The summed E-state index contributed by atoms with van der Waals surface area (Å²) < 4.78 is 0. The Morgan fingerprint density at radius 2 is 2.29 bits per heavy atom. The number of unbranched alkanes of at least 4 members (excludes halogenated alkanes) is 1. The maximum Gasteiger partial charge on any atom is 0.339 e. The Balaban J connectivity index is 2.89. The number of anilines is 1. The van der Waals surface area contributed by atoms with Crippen molar-refractivity contribution in [1.29, 1.82) is 0 Å². The molecule has 0 bridgehead atoms. The first kappa shape index (κ1) is 13.2. The van der Waals surface area contributed by atoms with Gasteiger partial charge in [-0.1, -0.05) is 6.08 Å². The molecule has 1 rings (SSSR count). The zero-order valence-corrected chi connectivity index (χ0v) is 10.3. The van der Waals surface area contributed by atoms with E-state index in [1.807, 2.05) is 24.9 Å². The second-order valence-electron chi connectivity index (χ2n) is 3.98. The number of nitrogens with zero attached hydrogens (tertiary/aromatic N) is 2. The molecule has 17 heavy (non-hydrogen) atoms. The lowest BCUT2D eigenvalue weighted by atomic mass is 10.2. The molecule has 0 saturated heterocycles. The molecule has 1 aromatic heterocycles. The van der Waals surface area contributed by atoms with Crippen LogP contribution in [0.25, 0.3) is 0 Å². The van der Waals surface area contributed by atoms with Crippen molar-refractivity contribution in [2.45, 2.75) is 19.8 Å². The monoisotopic (exact) mass is 234 g/mol. The number of carbonyl (C=O) groups is 1. The lowest BCUT2D eigenvalue weighted by molar-refractivity contribution is 0.0697. The first-order valence-electron chi connectivity index (χ1n) is 5.59. The second-order valence-corrected chi connectivity index (χ2v) is 3.98. The molecule has 0 saturated carbocycles. The molecule has 0 radical (unpaired) electrons. The van der Waals surface area contributed by atoms with Crippen LogP contribution >= 0.6 is 0 Å². The van der Waals surface area contributed by atoms with E-state index in [4.69, 9.17) is 5.11 Å². The molecule has 0 fully saturated rings. The predicted octanol–water partition coefficient (Wildman–Crippen LogP) is 2.49. The molecule has 1 aromatic rings. The third-order valence-electron chi connectivity index (χ3n) is 2.51. The van der Waals surface area contributed by atoms with Crippen molar-refractivity contribution in [3.05, 3.63) is 36.0 Å². The molecular weight excluding hydrogens is 216 g/mol. The second kappa shape index (κ2) is 6.03. The molecular formula is C13H18N2O2. The average Bonchev–Trinajstić information content (AvgIpc) is 2.28. The predicted molar refractivity (Wildman–Crippen MR) is 68.6 cm³/mol. The highest BCUT2D eigenvalue weighted by molar-refractivity contribution is 5.93. The van der Waals surface area contributed by atoms with Crippen molar-refractivity contribution in [3.63, 3.8) is 0 Å². The average molecular weight is 234 g/mol. The molecule has 1 heterocycles. The topological polar surface area (TPSA) is 53.4 Å². The molecule has 0 amide bonds. The van der Waals surface area contributed by atoms with Gasteiger partial charge < -0.3 is 10.0 Å². The number of aromatic nitrogens is 1. The number of carboxylic acid groups (broad SMARTS) is 1. The van der Waals surface area contributed by atoms with Crippen molar-refractivity contribution in [1.82, 2.24) is 4.98 Å². The molecule has 4 heteroatoms. The minimum absolute atomic E-state index is 0.247. The van der Waals surface area contributed by atoms with Gasteiger partial charge in [0.2, 0.25) is 0 Å². The van der Waals surface area contributed by atoms with Crippen molar-refractivity contribution < 1.29 is 9.90 Å². The summed E-state index contributed by atoms with van der Waals surface area (Å²) in [7, 11) is 1.86. The maximum absolute atomic E-state index is 11.1. The van der Waals surface area contributed by atoms with Crippen LogP contribution in [0.15, 0.2) is 24.8 Å². The van der Waals surface area contributed by atoms with Gasteiger partial charge >= 0.3 is 5.97 Å². The number of pyridine rings is 1. The number of carboxylic acids is 1. The summed E-state index contributed by atoms with van der Waals surface area (Å²) in [5.74, 6) is -0.412. The van der Waals surface area contributed by atoms with Gasteiger partial charge in [0.1, 0.15) is 11.4 Å². The Hall–Kier alpha value is -1.84. The lowest BCUT2D eigenvalue weighted by Gasteiger charge is -2.20. The molecule has 0 unspecified atom stereocenters. The Bertz CT molecular complexity index is 416. The molecule has 1 N–H and O–H groups in total. The van der Waals surface area contributed by atoms with E-state index in [1.54, 1.807) is 12.1 Å². The first-order valence-corrected chi connectivity index (χ1v) is 5.59. The van der Waals surface area contributed by atoms with E-state index in [1.165, 1.54) is 0 Å². The number of allylic oxidation sites excluding steroid dienone is 1. The van der Waals surface area contributed by atoms with Crippen LogP contribution in [0.4, 0.5) is 5.82 Å². The van der Waals surface area contributed by atoms with Gasteiger partial charge in [-0.15, -0.1) is 6.58 Å². The van der Waals surface area contributed by atoms with E-state index in [-0.39, 0.29) is 5.56 Å². The van der Waals surface area contributed by atoms with Crippen LogP contribution in [0.2, 0.25) is 0 Å². The van der Waals surface area contributed by atoms with Gasteiger partial charge in [0.15, 0.2) is 0 Å². The van der Waals surface area contributed by atoms with E-state index in [0.717, 1.165) is 25.1 Å². The van der Waals surface area contributed by atoms with Gasteiger partial charge in [-0.3, -0.25) is 0 Å². The van der Waals surface area contributed by atoms with Gasteiger partial charge in [-0.25, -0.2) is 9.78 Å². The van der Waals surface area contributed by atoms with Gasteiger partial charge in [0, 0.05) is 19.3 Å². The SMILES string of the molecule is C=CCCCN(C)c1nc(C)ccc1C(=O)O. The summed E-state index contributed by atoms with van der Waals surface area (Å²) in [5.41, 5.74) is 1.07. The fourth-order valence-electron chi connectivity index (χ4n) is 1.58. The minimum atomic E-state index is -0.942. The largest absolute Gasteiger partial charge is 0.478 e. The van der Waals surface area contributed by atoms with Crippen LogP contribution in [0.5, 0.6) is 0 Å². The third kappa shape index (κ3) is 3.59. The van der Waals surface area contributed by atoms with Gasteiger partial charge in [-0.2, -0.15) is 0 Å². The summed E-state index contributed by atoms with van der Waals surface area (Å²) >= 11 is 0. The molecule has 0 spiro atoms. The molecule has 0 aromatic carbocycles. The van der Waals surface area contributed by atoms with E-state index in [9.17, 15) is 4.79 Å². The van der Waals surface area contributed by atoms with Gasteiger partial charge in [0.25, 0.3) is 0 Å². The van der Waals surface area contributed by atoms with E-state index in [2.05, 4.69) is 11.6 Å². The lowest BCUT2D eigenvalue weighted by Crippen LogP contribution is -2.22. The third-order valence-corrected chi connectivity index (χ3v) is 2.51. The number of aromatic carboxylic acids is 1. The standard InChI is InChI=1S/C13H18N2O2/c1-4-5-6-9-15(3)12-11(13(16)17)8-7-10(2)14-12/h4,7-8H,1,5-6,9H2,2-3H3,(H,16,17). The Morgan fingerprint density at radius 1 is 1.59 bits per heavy atom. The Morgan fingerprint density at radius 3 is 2.88 bits per heavy atom.